The number of halogens is 1. The fourth-order valence-corrected chi connectivity index (χ4v) is 5.21. The standard InChI is InChI=1S/C8H11BrN2O2S2/c9-7-1-2-8(14-7)15(12,13)11-4-3-6(10)5-11/h1-2,6H,3-5,10H2/t6-/m1/s1. The van der Waals surface area contributed by atoms with Gasteiger partial charge >= 0.3 is 0 Å². The summed E-state index contributed by atoms with van der Waals surface area (Å²) in [5.74, 6) is 0. The Labute approximate surface area is 101 Å². The normalized spacial score (nSPS) is 23.5. The number of hydrogen-bond donors (Lipinski definition) is 1. The van der Waals surface area contributed by atoms with E-state index in [1.807, 2.05) is 0 Å². The molecule has 0 saturated carbocycles. The van der Waals surface area contributed by atoms with Gasteiger partial charge in [-0.2, -0.15) is 4.31 Å². The molecule has 0 radical (unpaired) electrons. The molecule has 0 bridgehead atoms. The van der Waals surface area contributed by atoms with Crippen molar-refractivity contribution in [2.75, 3.05) is 13.1 Å². The summed E-state index contributed by atoms with van der Waals surface area (Å²) < 4.78 is 26.8. The third-order valence-electron chi connectivity index (χ3n) is 2.33. The van der Waals surface area contributed by atoms with E-state index in [0.29, 0.717) is 17.3 Å². The minimum absolute atomic E-state index is 0.0248. The van der Waals surface area contributed by atoms with E-state index in [9.17, 15) is 8.42 Å². The lowest BCUT2D eigenvalue weighted by atomic mass is 10.3. The number of nitrogens with zero attached hydrogens (tertiary/aromatic N) is 1. The molecule has 1 aliphatic rings. The Hall–Kier alpha value is 0.0500. The van der Waals surface area contributed by atoms with Crippen molar-refractivity contribution in [1.82, 2.24) is 4.31 Å². The van der Waals surface area contributed by atoms with Crippen LogP contribution in [0.5, 0.6) is 0 Å². The second-order valence-electron chi connectivity index (χ2n) is 3.47. The molecule has 0 aliphatic carbocycles. The highest BCUT2D eigenvalue weighted by atomic mass is 79.9. The Balaban J connectivity index is 2.27. The summed E-state index contributed by atoms with van der Waals surface area (Å²) in [6, 6.07) is 3.34. The smallest absolute Gasteiger partial charge is 0.252 e. The molecule has 1 saturated heterocycles. The van der Waals surface area contributed by atoms with Crippen LogP contribution in [-0.2, 0) is 10.0 Å². The van der Waals surface area contributed by atoms with E-state index in [2.05, 4.69) is 15.9 Å². The lowest BCUT2D eigenvalue weighted by Gasteiger charge is -2.13. The van der Waals surface area contributed by atoms with Crippen LogP contribution in [0.2, 0.25) is 0 Å². The Morgan fingerprint density at radius 2 is 2.27 bits per heavy atom. The van der Waals surface area contributed by atoms with Crippen LogP contribution in [0.15, 0.2) is 20.1 Å². The Morgan fingerprint density at radius 3 is 2.73 bits per heavy atom. The van der Waals surface area contributed by atoms with E-state index in [4.69, 9.17) is 5.73 Å². The SMILES string of the molecule is N[C@@H]1CCN(S(=O)(=O)c2ccc(Br)s2)C1. The van der Waals surface area contributed by atoms with Crippen molar-refractivity contribution in [3.05, 3.63) is 15.9 Å². The fraction of sp³-hybridized carbons (Fsp3) is 0.500. The predicted octanol–water partition coefficient (Wildman–Crippen LogP) is 1.23. The average molecular weight is 311 g/mol. The van der Waals surface area contributed by atoms with Crippen LogP contribution in [0.25, 0.3) is 0 Å². The third kappa shape index (κ3) is 2.26. The first-order chi connectivity index (χ1) is 7.00. The van der Waals surface area contributed by atoms with Crippen molar-refractivity contribution in [3.8, 4) is 0 Å². The molecule has 84 valence electrons. The first-order valence-electron chi connectivity index (χ1n) is 4.51. The zero-order chi connectivity index (χ0) is 11.1. The minimum Gasteiger partial charge on any atom is -0.326 e. The Kier molecular flexibility index (Phi) is 3.18. The van der Waals surface area contributed by atoms with Gasteiger partial charge in [0.05, 0.1) is 3.79 Å². The van der Waals surface area contributed by atoms with E-state index in [1.165, 1.54) is 15.6 Å². The maximum Gasteiger partial charge on any atom is 0.252 e. The van der Waals surface area contributed by atoms with E-state index in [1.54, 1.807) is 12.1 Å². The fourth-order valence-electron chi connectivity index (χ4n) is 1.54. The molecule has 1 aromatic heterocycles. The van der Waals surface area contributed by atoms with Gasteiger partial charge in [0.25, 0.3) is 10.0 Å². The monoisotopic (exact) mass is 310 g/mol. The van der Waals surface area contributed by atoms with Crippen LogP contribution >= 0.6 is 27.3 Å². The van der Waals surface area contributed by atoms with Gasteiger partial charge in [-0.1, -0.05) is 0 Å². The van der Waals surface area contributed by atoms with Gasteiger partial charge < -0.3 is 5.73 Å². The van der Waals surface area contributed by atoms with Crippen molar-refractivity contribution < 1.29 is 8.42 Å². The first-order valence-corrected chi connectivity index (χ1v) is 7.56. The van der Waals surface area contributed by atoms with E-state index in [-0.39, 0.29) is 6.04 Å². The lowest BCUT2D eigenvalue weighted by molar-refractivity contribution is 0.474. The van der Waals surface area contributed by atoms with Crippen LogP contribution in [0.4, 0.5) is 0 Å². The molecule has 4 nitrogen and oxygen atoms in total. The van der Waals surface area contributed by atoms with Gasteiger partial charge in [0.15, 0.2) is 0 Å². The van der Waals surface area contributed by atoms with Crippen LogP contribution in [0.1, 0.15) is 6.42 Å². The van der Waals surface area contributed by atoms with Gasteiger partial charge in [-0.05, 0) is 34.5 Å². The molecule has 2 rings (SSSR count). The molecule has 0 spiro atoms. The summed E-state index contributed by atoms with van der Waals surface area (Å²) in [6.45, 7) is 0.955. The van der Waals surface area contributed by atoms with Gasteiger partial charge in [-0.25, -0.2) is 8.42 Å². The molecule has 1 aromatic rings. The van der Waals surface area contributed by atoms with Gasteiger partial charge in [-0.15, -0.1) is 11.3 Å². The quantitative estimate of drug-likeness (QED) is 0.893. The highest BCUT2D eigenvalue weighted by Gasteiger charge is 2.31. The van der Waals surface area contributed by atoms with Crippen molar-refractivity contribution in [1.29, 1.82) is 0 Å². The third-order valence-corrected chi connectivity index (χ3v) is 6.29. The lowest BCUT2D eigenvalue weighted by Crippen LogP contribution is -2.31. The highest BCUT2D eigenvalue weighted by molar-refractivity contribution is 9.11. The predicted molar refractivity (Wildman–Crippen MR) is 63.4 cm³/mol. The second-order valence-corrected chi connectivity index (χ2v) is 8.10. The molecule has 1 atom stereocenters. The molecule has 1 aliphatic heterocycles. The van der Waals surface area contributed by atoms with Crippen molar-refractivity contribution >= 4 is 37.3 Å². The van der Waals surface area contributed by atoms with Crippen LogP contribution in [0.3, 0.4) is 0 Å². The number of nitrogens with two attached hydrogens (primary N) is 1. The van der Waals surface area contributed by atoms with Crippen LogP contribution in [0, 0.1) is 0 Å². The molecule has 2 heterocycles. The number of sulfonamides is 1. The highest BCUT2D eigenvalue weighted by Crippen LogP contribution is 2.29. The van der Waals surface area contributed by atoms with Gasteiger partial charge in [-0.3, -0.25) is 0 Å². The van der Waals surface area contributed by atoms with Crippen LogP contribution in [-0.4, -0.2) is 31.9 Å². The molecule has 2 N–H and O–H groups in total. The zero-order valence-electron chi connectivity index (χ0n) is 7.89. The van der Waals surface area contributed by atoms with Crippen LogP contribution < -0.4 is 5.73 Å². The Morgan fingerprint density at radius 1 is 1.53 bits per heavy atom. The topological polar surface area (TPSA) is 63.4 Å². The largest absolute Gasteiger partial charge is 0.326 e. The maximum absolute atomic E-state index is 12.1. The second kappa shape index (κ2) is 4.14. The number of thiophene rings is 1. The molecule has 15 heavy (non-hydrogen) atoms. The summed E-state index contributed by atoms with van der Waals surface area (Å²) in [5, 5.41) is 0. The van der Waals surface area contributed by atoms with Crippen molar-refractivity contribution in [2.45, 2.75) is 16.7 Å². The molecular formula is C8H11BrN2O2S2. The number of rotatable bonds is 2. The van der Waals surface area contributed by atoms with Crippen molar-refractivity contribution in [3.63, 3.8) is 0 Å². The summed E-state index contributed by atoms with van der Waals surface area (Å²) in [5.41, 5.74) is 5.69. The average Bonchev–Trinajstić information content (AvgIpc) is 2.74. The van der Waals surface area contributed by atoms with Crippen molar-refractivity contribution in [2.24, 2.45) is 5.73 Å². The Bertz CT molecular complexity index is 457. The van der Waals surface area contributed by atoms with E-state index >= 15 is 0 Å². The number of hydrogen-bond acceptors (Lipinski definition) is 4. The molecule has 0 unspecified atom stereocenters. The summed E-state index contributed by atoms with van der Waals surface area (Å²) >= 11 is 4.48. The van der Waals surface area contributed by atoms with Gasteiger partial charge in [0, 0.05) is 19.1 Å². The summed E-state index contributed by atoms with van der Waals surface area (Å²) in [6.07, 6.45) is 0.742. The maximum atomic E-state index is 12.1. The van der Waals surface area contributed by atoms with Gasteiger partial charge in [0.1, 0.15) is 4.21 Å². The zero-order valence-corrected chi connectivity index (χ0v) is 11.1. The van der Waals surface area contributed by atoms with E-state index < -0.39 is 10.0 Å². The van der Waals surface area contributed by atoms with E-state index in [0.717, 1.165) is 10.2 Å². The molecule has 7 heteroatoms. The first kappa shape index (κ1) is 11.5. The summed E-state index contributed by atoms with van der Waals surface area (Å²) in [7, 11) is -3.31. The summed E-state index contributed by atoms with van der Waals surface area (Å²) in [4.78, 5) is 0. The molecule has 0 aromatic carbocycles. The molecule has 1 fully saturated rings. The molecular weight excluding hydrogens is 300 g/mol. The molecule has 0 amide bonds. The van der Waals surface area contributed by atoms with Gasteiger partial charge in [0.2, 0.25) is 0 Å². The minimum atomic E-state index is -3.31.